The Bertz CT molecular complexity index is 384. The maximum absolute atomic E-state index is 11.0. The zero-order valence-corrected chi connectivity index (χ0v) is 10.7. The topological polar surface area (TPSA) is 63.3 Å². The number of aryl methyl sites for hydroxylation is 1. The van der Waals surface area contributed by atoms with Crippen molar-refractivity contribution in [3.8, 4) is 0 Å². The lowest BCUT2D eigenvalue weighted by molar-refractivity contribution is -0.138. The molecule has 17 heavy (non-hydrogen) atoms. The minimum Gasteiger partial charge on any atom is -0.481 e. The highest BCUT2D eigenvalue weighted by Gasteiger charge is 2.33. The van der Waals surface area contributed by atoms with Crippen LogP contribution in [0.2, 0.25) is 0 Å². The van der Waals surface area contributed by atoms with Gasteiger partial charge in [0.15, 0.2) is 0 Å². The van der Waals surface area contributed by atoms with Gasteiger partial charge in [-0.1, -0.05) is 38.1 Å². The number of carboxylic acid groups (broad SMARTS) is 1. The number of hydrogen-bond donors (Lipinski definition) is 2. The first-order valence-corrected chi connectivity index (χ1v) is 5.97. The molecule has 0 aliphatic heterocycles. The molecule has 2 unspecified atom stereocenters. The molecule has 1 aromatic rings. The molecule has 0 bridgehead atoms. The fourth-order valence-electron chi connectivity index (χ4n) is 1.96. The first-order valence-electron chi connectivity index (χ1n) is 5.97. The van der Waals surface area contributed by atoms with Gasteiger partial charge in [-0.2, -0.15) is 0 Å². The molecule has 0 spiro atoms. The van der Waals surface area contributed by atoms with Crippen molar-refractivity contribution in [2.24, 2.45) is 5.73 Å². The molecule has 2 atom stereocenters. The monoisotopic (exact) mass is 235 g/mol. The third-order valence-electron chi connectivity index (χ3n) is 3.55. The molecule has 1 rings (SSSR count). The minimum atomic E-state index is -0.815. The maximum Gasteiger partial charge on any atom is 0.304 e. The van der Waals surface area contributed by atoms with Crippen LogP contribution in [0, 0.1) is 0 Å². The van der Waals surface area contributed by atoms with E-state index in [1.54, 1.807) is 0 Å². The summed E-state index contributed by atoms with van der Waals surface area (Å²) >= 11 is 0. The van der Waals surface area contributed by atoms with Crippen LogP contribution >= 0.6 is 0 Å². The smallest absolute Gasteiger partial charge is 0.304 e. The Labute approximate surface area is 103 Å². The summed E-state index contributed by atoms with van der Waals surface area (Å²) in [7, 11) is 0. The molecule has 0 saturated carbocycles. The molecule has 0 aliphatic carbocycles. The van der Waals surface area contributed by atoms with Gasteiger partial charge in [0.1, 0.15) is 0 Å². The Balaban J connectivity index is 3.08. The second kappa shape index (κ2) is 5.32. The van der Waals surface area contributed by atoms with E-state index >= 15 is 0 Å². The first-order chi connectivity index (χ1) is 7.90. The predicted octanol–water partition coefficient (Wildman–Crippen LogP) is 2.33. The number of rotatable bonds is 5. The van der Waals surface area contributed by atoms with Crippen LogP contribution in [0.4, 0.5) is 0 Å². The SMILES string of the molecule is CCc1ccc(C(C)(CC(=O)O)C(C)N)cc1. The normalized spacial score (nSPS) is 16.2. The van der Waals surface area contributed by atoms with Crippen LogP contribution in [0.25, 0.3) is 0 Å². The number of carbonyl (C=O) groups is 1. The van der Waals surface area contributed by atoms with Crippen molar-refractivity contribution in [2.75, 3.05) is 0 Å². The second-order valence-corrected chi connectivity index (χ2v) is 4.83. The van der Waals surface area contributed by atoms with Crippen LogP contribution in [-0.2, 0) is 16.6 Å². The molecule has 3 nitrogen and oxygen atoms in total. The summed E-state index contributed by atoms with van der Waals surface area (Å²) in [6, 6.07) is 7.86. The van der Waals surface area contributed by atoms with Crippen molar-refractivity contribution in [3.05, 3.63) is 35.4 Å². The molecular weight excluding hydrogens is 214 g/mol. The van der Waals surface area contributed by atoms with Crippen molar-refractivity contribution in [2.45, 2.75) is 45.1 Å². The highest BCUT2D eigenvalue weighted by Crippen LogP contribution is 2.30. The van der Waals surface area contributed by atoms with Gasteiger partial charge in [-0.3, -0.25) is 4.79 Å². The van der Waals surface area contributed by atoms with Gasteiger partial charge >= 0.3 is 5.97 Å². The Morgan fingerprint density at radius 2 is 1.94 bits per heavy atom. The third-order valence-corrected chi connectivity index (χ3v) is 3.55. The summed E-state index contributed by atoms with van der Waals surface area (Å²) in [4.78, 5) is 11.0. The number of benzene rings is 1. The second-order valence-electron chi connectivity index (χ2n) is 4.83. The van der Waals surface area contributed by atoms with Crippen LogP contribution < -0.4 is 5.73 Å². The first kappa shape index (κ1) is 13.7. The summed E-state index contributed by atoms with van der Waals surface area (Å²) in [5.74, 6) is -0.815. The highest BCUT2D eigenvalue weighted by atomic mass is 16.4. The van der Waals surface area contributed by atoms with Crippen LogP contribution in [0.15, 0.2) is 24.3 Å². The van der Waals surface area contributed by atoms with E-state index in [4.69, 9.17) is 10.8 Å². The van der Waals surface area contributed by atoms with E-state index in [2.05, 4.69) is 6.92 Å². The Morgan fingerprint density at radius 3 is 2.29 bits per heavy atom. The van der Waals surface area contributed by atoms with Gasteiger partial charge in [0.25, 0.3) is 0 Å². The van der Waals surface area contributed by atoms with Crippen LogP contribution in [0.1, 0.15) is 38.3 Å². The van der Waals surface area contributed by atoms with Gasteiger partial charge in [-0.05, 0) is 24.5 Å². The molecule has 0 aromatic heterocycles. The quantitative estimate of drug-likeness (QED) is 0.823. The standard InChI is InChI=1S/C14H21NO2/c1-4-11-5-7-12(8-6-11)14(3,10(2)15)9-13(16)17/h5-8,10H,4,9,15H2,1-3H3,(H,16,17). The fraction of sp³-hybridized carbons (Fsp3) is 0.500. The molecule has 3 heteroatoms. The van der Waals surface area contributed by atoms with E-state index in [9.17, 15) is 4.79 Å². The fourth-order valence-corrected chi connectivity index (χ4v) is 1.96. The number of nitrogens with two attached hydrogens (primary N) is 1. The van der Waals surface area contributed by atoms with Crippen LogP contribution in [0.5, 0.6) is 0 Å². The zero-order chi connectivity index (χ0) is 13.1. The highest BCUT2D eigenvalue weighted by molar-refractivity contribution is 5.69. The lowest BCUT2D eigenvalue weighted by atomic mass is 9.74. The zero-order valence-electron chi connectivity index (χ0n) is 10.7. The molecule has 0 heterocycles. The Kier molecular flexibility index (Phi) is 4.29. The summed E-state index contributed by atoms with van der Waals surface area (Å²) in [5, 5.41) is 9.00. The van der Waals surface area contributed by atoms with E-state index < -0.39 is 11.4 Å². The third kappa shape index (κ3) is 3.07. The largest absolute Gasteiger partial charge is 0.481 e. The van der Waals surface area contributed by atoms with Crippen LogP contribution in [0.3, 0.4) is 0 Å². The van der Waals surface area contributed by atoms with Gasteiger partial charge < -0.3 is 10.8 Å². The summed E-state index contributed by atoms with van der Waals surface area (Å²) in [6.07, 6.45) is 1.03. The van der Waals surface area contributed by atoms with Gasteiger partial charge in [-0.25, -0.2) is 0 Å². The molecule has 0 fully saturated rings. The predicted molar refractivity (Wildman–Crippen MR) is 69.1 cm³/mol. The lowest BCUT2D eigenvalue weighted by Crippen LogP contribution is -2.42. The average Bonchev–Trinajstić information content (AvgIpc) is 2.28. The van der Waals surface area contributed by atoms with Crippen LogP contribution in [-0.4, -0.2) is 17.1 Å². The number of aliphatic carboxylic acids is 1. The van der Waals surface area contributed by atoms with Gasteiger partial charge in [0.2, 0.25) is 0 Å². The molecule has 94 valence electrons. The molecule has 1 aromatic carbocycles. The van der Waals surface area contributed by atoms with Crippen molar-refractivity contribution >= 4 is 5.97 Å². The van der Waals surface area contributed by atoms with Crippen molar-refractivity contribution in [1.29, 1.82) is 0 Å². The number of carboxylic acids is 1. The van der Waals surface area contributed by atoms with Crippen molar-refractivity contribution in [1.82, 2.24) is 0 Å². The molecule has 0 aliphatic rings. The van der Waals surface area contributed by atoms with E-state index in [-0.39, 0.29) is 12.5 Å². The van der Waals surface area contributed by atoms with E-state index in [1.165, 1.54) is 5.56 Å². The average molecular weight is 235 g/mol. The van der Waals surface area contributed by atoms with E-state index in [1.807, 2.05) is 38.1 Å². The molecule has 3 N–H and O–H groups in total. The Morgan fingerprint density at radius 1 is 1.41 bits per heavy atom. The van der Waals surface area contributed by atoms with E-state index in [0.717, 1.165) is 12.0 Å². The van der Waals surface area contributed by atoms with Crippen molar-refractivity contribution in [3.63, 3.8) is 0 Å². The van der Waals surface area contributed by atoms with Gasteiger partial charge in [-0.15, -0.1) is 0 Å². The Hall–Kier alpha value is -1.35. The minimum absolute atomic E-state index is 0.0517. The van der Waals surface area contributed by atoms with Gasteiger partial charge in [0, 0.05) is 11.5 Å². The van der Waals surface area contributed by atoms with Crippen molar-refractivity contribution < 1.29 is 9.90 Å². The maximum atomic E-state index is 11.0. The van der Waals surface area contributed by atoms with Gasteiger partial charge in [0.05, 0.1) is 6.42 Å². The number of hydrogen-bond acceptors (Lipinski definition) is 2. The van der Waals surface area contributed by atoms with E-state index in [0.29, 0.717) is 0 Å². The molecule has 0 radical (unpaired) electrons. The molecule has 0 saturated heterocycles. The molecular formula is C14H21NO2. The summed E-state index contributed by atoms with van der Waals surface area (Å²) in [6.45, 7) is 5.86. The summed E-state index contributed by atoms with van der Waals surface area (Å²) < 4.78 is 0. The lowest BCUT2D eigenvalue weighted by Gasteiger charge is -2.32. The molecule has 0 amide bonds. The summed E-state index contributed by atoms with van der Waals surface area (Å²) in [5.41, 5.74) is 7.68.